The number of hydrogen-bond donors (Lipinski definition) is 1. The van der Waals surface area contributed by atoms with E-state index in [9.17, 15) is 4.79 Å². The molecule has 0 rings (SSSR count). The lowest BCUT2D eigenvalue weighted by atomic mass is 10.7. The quantitative estimate of drug-likeness (QED) is 0.378. The van der Waals surface area contributed by atoms with Crippen molar-refractivity contribution >= 4 is 6.03 Å². The van der Waals surface area contributed by atoms with E-state index in [-0.39, 0.29) is 6.54 Å². The smallest absolute Gasteiger partial charge is 0.284 e. The number of urea groups is 1. The predicted molar refractivity (Wildman–Crippen MR) is 22.7 cm³/mol. The van der Waals surface area contributed by atoms with Crippen LogP contribution in [0.3, 0.4) is 0 Å². The maximum atomic E-state index is 9.72. The van der Waals surface area contributed by atoms with Crippen molar-refractivity contribution < 1.29 is 10.0 Å². The lowest BCUT2D eigenvalue weighted by Crippen LogP contribution is -2.25. The molecule has 0 heterocycles. The Morgan fingerprint density at radius 1 is 2.00 bits per heavy atom. The molecule has 1 radical (unpaired) electrons. The second-order valence-corrected chi connectivity index (χ2v) is 1.02. The second kappa shape index (κ2) is 2.41. The Morgan fingerprint density at radius 2 is 2.43 bits per heavy atom. The molecule has 0 aliphatic heterocycles. The first-order valence-corrected chi connectivity index (χ1v) is 1.90. The molecule has 0 aromatic carbocycles. The summed E-state index contributed by atoms with van der Waals surface area (Å²) in [6.45, 7) is 1.74. The van der Waals surface area contributed by atoms with E-state index < -0.39 is 6.03 Å². The Hall–Kier alpha value is -0.770. The highest BCUT2D eigenvalue weighted by Crippen LogP contribution is 1.76. The maximum absolute atomic E-state index is 9.72. The predicted octanol–water partition coefficient (Wildman–Crippen LogP) is 0.100. The molecule has 0 spiro atoms. The average molecular weight is 103 g/mol. The number of carbonyl (C=O) groups is 1. The van der Waals surface area contributed by atoms with Crippen molar-refractivity contribution in [2.75, 3.05) is 6.54 Å². The summed E-state index contributed by atoms with van der Waals surface area (Å²) in [6.07, 6.45) is 0. The van der Waals surface area contributed by atoms with Gasteiger partial charge in [-0.15, -0.1) is 0 Å². The largest absolute Gasteiger partial charge is 0.359 e. The first-order chi connectivity index (χ1) is 3.18. The fraction of sp³-hybridized carbons (Fsp3) is 0.667. The fourth-order valence-corrected chi connectivity index (χ4v) is 0.144. The van der Waals surface area contributed by atoms with Crippen molar-refractivity contribution in [1.82, 2.24) is 10.8 Å². The van der Waals surface area contributed by atoms with E-state index in [1.807, 2.05) is 0 Å². The summed E-state index contributed by atoms with van der Waals surface area (Å²) in [6, 6.07) is -1.07. The first-order valence-electron chi connectivity index (χ1n) is 1.90. The highest BCUT2D eigenvalue weighted by atomic mass is 16.5. The zero-order valence-corrected chi connectivity index (χ0v) is 4.01. The summed E-state index contributed by atoms with van der Waals surface area (Å²) in [5.41, 5.74) is 6.22. The van der Waals surface area contributed by atoms with Gasteiger partial charge in [0.2, 0.25) is 0 Å². The molecule has 7 heavy (non-hydrogen) atoms. The molecule has 41 valence electrons. The van der Waals surface area contributed by atoms with Crippen molar-refractivity contribution in [3.63, 3.8) is 0 Å². The van der Waals surface area contributed by atoms with E-state index in [2.05, 4.69) is 0 Å². The van der Waals surface area contributed by atoms with Crippen molar-refractivity contribution in [3.05, 3.63) is 0 Å². The summed E-state index contributed by atoms with van der Waals surface area (Å²) in [5, 5.41) is 8.55. The van der Waals surface area contributed by atoms with Crippen molar-refractivity contribution in [2.45, 2.75) is 6.92 Å². The Morgan fingerprint density at radius 3 is 2.43 bits per heavy atom. The van der Waals surface area contributed by atoms with Crippen molar-refractivity contribution in [3.8, 4) is 0 Å². The van der Waals surface area contributed by atoms with E-state index in [1.54, 1.807) is 6.92 Å². The zero-order chi connectivity index (χ0) is 5.86. The van der Waals surface area contributed by atoms with Gasteiger partial charge in [-0.3, -0.25) is 5.21 Å². The maximum Gasteiger partial charge on any atom is 0.359 e. The first kappa shape index (κ1) is 6.23. The summed E-state index contributed by atoms with van der Waals surface area (Å²) in [5.74, 6) is 0. The summed E-state index contributed by atoms with van der Waals surface area (Å²) >= 11 is 0. The molecule has 4 heteroatoms. The van der Waals surface area contributed by atoms with Crippen LogP contribution in [-0.4, -0.2) is 22.8 Å². The molecule has 0 aromatic heterocycles. The van der Waals surface area contributed by atoms with E-state index in [0.29, 0.717) is 5.06 Å². The van der Waals surface area contributed by atoms with Gasteiger partial charge in [-0.2, -0.15) is 0 Å². The minimum absolute atomic E-state index is 0.169. The van der Waals surface area contributed by atoms with Crippen LogP contribution in [-0.2, 0) is 0 Å². The number of carbonyl (C=O) groups excluding carboxylic acids is 1. The molecular weight excluding hydrogens is 96.0 g/mol. The van der Waals surface area contributed by atoms with E-state index >= 15 is 0 Å². The van der Waals surface area contributed by atoms with Gasteiger partial charge in [-0.25, -0.2) is 15.6 Å². The van der Waals surface area contributed by atoms with Gasteiger partial charge in [0.15, 0.2) is 0 Å². The van der Waals surface area contributed by atoms with Crippen molar-refractivity contribution in [1.29, 1.82) is 0 Å². The van der Waals surface area contributed by atoms with E-state index in [4.69, 9.17) is 10.9 Å². The number of amides is 2. The molecule has 2 N–H and O–H groups in total. The fourth-order valence-electron chi connectivity index (χ4n) is 0.144. The minimum atomic E-state index is -1.07. The van der Waals surface area contributed by atoms with E-state index in [1.165, 1.54) is 0 Å². The minimum Gasteiger partial charge on any atom is -0.284 e. The van der Waals surface area contributed by atoms with Crippen LogP contribution in [0.25, 0.3) is 0 Å². The summed E-state index contributed by atoms with van der Waals surface area (Å²) in [4.78, 5) is 9.72. The average Bonchev–Trinajstić information content (AvgIpc) is 1.65. The highest BCUT2D eigenvalue weighted by molar-refractivity contribution is 5.69. The normalized spacial score (nSPS) is 8.29. The van der Waals surface area contributed by atoms with Crippen LogP contribution >= 0.6 is 0 Å². The molecule has 0 fully saturated rings. The number of hydroxylamine groups is 2. The van der Waals surface area contributed by atoms with Gasteiger partial charge in [0.1, 0.15) is 0 Å². The molecule has 0 aromatic rings. The van der Waals surface area contributed by atoms with Crippen LogP contribution in [0.5, 0.6) is 0 Å². The third-order valence-electron chi connectivity index (χ3n) is 0.534. The molecule has 0 saturated carbocycles. The topological polar surface area (TPSA) is 64.3 Å². The molecular formula is C3H7N2O2. The molecule has 0 bridgehead atoms. The van der Waals surface area contributed by atoms with Crippen LogP contribution in [0, 0.1) is 0 Å². The lowest BCUT2D eigenvalue weighted by Gasteiger charge is -2.04. The van der Waals surface area contributed by atoms with Crippen LogP contribution in [0.1, 0.15) is 6.92 Å². The van der Waals surface area contributed by atoms with Gasteiger partial charge < -0.3 is 0 Å². The number of nitrogens with one attached hydrogen (secondary N) is 1. The molecule has 0 saturated heterocycles. The van der Waals surface area contributed by atoms with Gasteiger partial charge in [0.05, 0.1) is 0 Å². The molecule has 4 nitrogen and oxygen atoms in total. The number of nitrogens with zero attached hydrogens (tertiary/aromatic N) is 1. The molecule has 2 amide bonds. The van der Waals surface area contributed by atoms with Crippen LogP contribution in [0.2, 0.25) is 0 Å². The van der Waals surface area contributed by atoms with E-state index in [0.717, 1.165) is 0 Å². The molecule has 0 aliphatic carbocycles. The molecule has 0 atom stereocenters. The van der Waals surface area contributed by atoms with Gasteiger partial charge in [-0.05, 0) is 6.92 Å². The monoisotopic (exact) mass is 103 g/mol. The Kier molecular flexibility index (Phi) is 2.15. The lowest BCUT2D eigenvalue weighted by molar-refractivity contribution is -0.0353. The molecule has 0 aliphatic rings. The highest BCUT2D eigenvalue weighted by Gasteiger charge is 1.99. The number of rotatable bonds is 1. The number of hydrogen-bond acceptors (Lipinski definition) is 2. The third kappa shape index (κ3) is 1.99. The summed E-state index contributed by atoms with van der Waals surface area (Å²) in [7, 11) is 0. The van der Waals surface area contributed by atoms with Crippen LogP contribution < -0.4 is 5.73 Å². The van der Waals surface area contributed by atoms with Gasteiger partial charge in [-0.1, -0.05) is 0 Å². The van der Waals surface area contributed by atoms with Crippen molar-refractivity contribution in [2.24, 2.45) is 0 Å². The van der Waals surface area contributed by atoms with Crippen LogP contribution in [0.15, 0.2) is 0 Å². The zero-order valence-electron chi connectivity index (χ0n) is 4.01. The second-order valence-electron chi connectivity index (χ2n) is 1.02. The Labute approximate surface area is 41.5 Å². The molecule has 0 unspecified atom stereocenters. The SMILES string of the molecule is CCN(O)C([NH])=O. The third-order valence-corrected chi connectivity index (χ3v) is 0.534. The van der Waals surface area contributed by atoms with Gasteiger partial charge in [0.25, 0.3) is 0 Å². The Balaban J connectivity index is 3.34. The standard InChI is InChI=1S/C3H7N2O2/c1-2-5(7)3(4)6/h4,7H,2H2,1H3. The van der Waals surface area contributed by atoms with Gasteiger partial charge in [0, 0.05) is 6.54 Å². The van der Waals surface area contributed by atoms with Crippen LogP contribution in [0.4, 0.5) is 4.79 Å². The van der Waals surface area contributed by atoms with Gasteiger partial charge >= 0.3 is 6.03 Å². The summed E-state index contributed by atoms with van der Waals surface area (Å²) < 4.78 is 0. The Bertz CT molecular complexity index is 73.3.